The van der Waals surface area contributed by atoms with E-state index >= 15 is 0 Å². The lowest BCUT2D eigenvalue weighted by atomic mass is 10.1. The Balaban J connectivity index is 1.41. The Kier molecular flexibility index (Phi) is 4.85. The van der Waals surface area contributed by atoms with Gasteiger partial charge in [0.05, 0.1) is 11.8 Å². The Morgan fingerprint density at radius 3 is 2.79 bits per heavy atom. The monoisotopic (exact) mass is 347 g/mol. The van der Waals surface area contributed by atoms with Crippen LogP contribution in [0, 0.1) is 18.8 Å². The van der Waals surface area contributed by atoms with E-state index in [4.69, 9.17) is 16.1 Å². The van der Waals surface area contributed by atoms with Gasteiger partial charge < -0.3 is 15.2 Å². The van der Waals surface area contributed by atoms with Gasteiger partial charge in [-0.05, 0) is 37.5 Å². The first-order valence-corrected chi connectivity index (χ1v) is 8.17. The molecule has 24 heavy (non-hydrogen) atoms. The summed E-state index contributed by atoms with van der Waals surface area (Å²) in [5.74, 6) is 0.151. The van der Waals surface area contributed by atoms with Gasteiger partial charge in [0.1, 0.15) is 5.76 Å². The molecule has 0 radical (unpaired) electrons. The molecule has 1 heterocycles. The van der Waals surface area contributed by atoms with E-state index in [9.17, 15) is 9.59 Å². The van der Waals surface area contributed by atoms with Crippen LogP contribution in [0.1, 0.15) is 17.7 Å². The Morgan fingerprint density at radius 1 is 1.29 bits per heavy atom. The van der Waals surface area contributed by atoms with Crippen LogP contribution < -0.4 is 10.6 Å². The fraction of sp³-hybridized carbons (Fsp3) is 0.353. The molecule has 1 aromatic heterocycles. The number of anilines is 1. The number of nitrogens with zero attached hydrogens (tertiary/aromatic N) is 1. The first-order chi connectivity index (χ1) is 11.5. The van der Waals surface area contributed by atoms with Crippen LogP contribution in [0.25, 0.3) is 0 Å². The molecule has 0 aliphatic heterocycles. The Morgan fingerprint density at radius 2 is 2.08 bits per heavy atom. The summed E-state index contributed by atoms with van der Waals surface area (Å²) in [6, 6.07) is 9.17. The number of hydrogen-bond acceptors (Lipinski definition) is 4. The zero-order chi connectivity index (χ0) is 17.1. The summed E-state index contributed by atoms with van der Waals surface area (Å²) in [6.45, 7) is 2.27. The molecule has 126 valence electrons. The van der Waals surface area contributed by atoms with Crippen LogP contribution in [0.4, 0.5) is 5.82 Å². The molecule has 2 atom stereocenters. The maximum Gasteiger partial charge on any atom is 0.229 e. The van der Waals surface area contributed by atoms with Crippen molar-refractivity contribution in [3.63, 3.8) is 0 Å². The maximum absolute atomic E-state index is 12.1. The normalized spacial score (nSPS) is 18.9. The number of aromatic nitrogens is 1. The third kappa shape index (κ3) is 4.14. The van der Waals surface area contributed by atoms with Crippen molar-refractivity contribution in [1.29, 1.82) is 0 Å². The number of rotatable bonds is 6. The van der Waals surface area contributed by atoms with Crippen LogP contribution in [0.15, 0.2) is 34.9 Å². The summed E-state index contributed by atoms with van der Waals surface area (Å²) in [7, 11) is 0. The molecule has 1 aliphatic carbocycles. The molecular weight excluding hydrogens is 330 g/mol. The molecule has 2 aromatic rings. The molecule has 3 rings (SSSR count). The second-order valence-electron chi connectivity index (χ2n) is 5.93. The van der Waals surface area contributed by atoms with E-state index in [0.717, 1.165) is 5.56 Å². The zero-order valence-corrected chi connectivity index (χ0v) is 14.0. The van der Waals surface area contributed by atoms with Gasteiger partial charge in [-0.3, -0.25) is 9.59 Å². The predicted octanol–water partition coefficient (Wildman–Crippen LogP) is 2.57. The highest BCUT2D eigenvalue weighted by atomic mass is 35.5. The van der Waals surface area contributed by atoms with E-state index < -0.39 is 0 Å². The third-order valence-electron chi connectivity index (χ3n) is 3.95. The molecule has 2 amide bonds. The van der Waals surface area contributed by atoms with Gasteiger partial charge in [0.15, 0.2) is 5.82 Å². The van der Waals surface area contributed by atoms with E-state index in [0.29, 0.717) is 36.0 Å². The summed E-state index contributed by atoms with van der Waals surface area (Å²) in [5, 5.41) is 9.92. The standard InChI is InChI=1S/C17H18ClN3O3/c1-10-7-15(21-24-10)20-17(23)14-9-13(14)16(22)19-6-5-11-3-2-4-12(18)8-11/h2-4,7-8,13-14H,5-6,9H2,1H3,(H,19,22)(H,20,21,23). The highest BCUT2D eigenvalue weighted by Crippen LogP contribution is 2.39. The van der Waals surface area contributed by atoms with Crippen LogP contribution >= 0.6 is 11.6 Å². The van der Waals surface area contributed by atoms with Gasteiger partial charge in [-0.1, -0.05) is 28.9 Å². The van der Waals surface area contributed by atoms with Gasteiger partial charge in [-0.2, -0.15) is 0 Å². The molecule has 1 saturated carbocycles. The van der Waals surface area contributed by atoms with Crippen molar-refractivity contribution in [3.8, 4) is 0 Å². The Bertz CT molecular complexity index is 759. The van der Waals surface area contributed by atoms with Crippen LogP contribution in [-0.4, -0.2) is 23.5 Å². The van der Waals surface area contributed by atoms with E-state index in [1.165, 1.54) is 0 Å². The minimum Gasteiger partial charge on any atom is -0.360 e. The lowest BCUT2D eigenvalue weighted by Crippen LogP contribution is -2.29. The largest absolute Gasteiger partial charge is 0.360 e. The van der Waals surface area contributed by atoms with E-state index in [2.05, 4.69) is 15.8 Å². The number of amides is 2. The number of benzene rings is 1. The van der Waals surface area contributed by atoms with Crippen molar-refractivity contribution in [2.45, 2.75) is 19.8 Å². The number of aryl methyl sites for hydroxylation is 1. The summed E-state index contributed by atoms with van der Waals surface area (Å²) in [4.78, 5) is 24.1. The van der Waals surface area contributed by atoms with Crippen molar-refractivity contribution in [3.05, 3.63) is 46.7 Å². The van der Waals surface area contributed by atoms with Gasteiger partial charge in [0.2, 0.25) is 11.8 Å². The molecule has 7 heteroatoms. The van der Waals surface area contributed by atoms with Crippen molar-refractivity contribution < 1.29 is 14.1 Å². The molecule has 0 spiro atoms. The Hall–Kier alpha value is -2.34. The number of carbonyl (C=O) groups excluding carboxylic acids is 2. The molecule has 2 unspecified atom stereocenters. The highest BCUT2D eigenvalue weighted by Gasteiger charge is 2.48. The topological polar surface area (TPSA) is 84.2 Å². The minimum atomic E-state index is -0.298. The van der Waals surface area contributed by atoms with E-state index in [1.807, 2.05) is 24.3 Å². The average molecular weight is 348 g/mol. The summed E-state index contributed by atoms with van der Waals surface area (Å²) >= 11 is 5.93. The predicted molar refractivity (Wildman–Crippen MR) is 89.6 cm³/mol. The number of hydrogen-bond donors (Lipinski definition) is 2. The lowest BCUT2D eigenvalue weighted by molar-refractivity contribution is -0.125. The summed E-state index contributed by atoms with van der Waals surface area (Å²) in [6.07, 6.45) is 1.26. The maximum atomic E-state index is 12.1. The smallest absolute Gasteiger partial charge is 0.229 e. The average Bonchev–Trinajstić information content (AvgIpc) is 3.25. The molecule has 1 fully saturated rings. The van der Waals surface area contributed by atoms with Crippen molar-refractivity contribution in [2.75, 3.05) is 11.9 Å². The first-order valence-electron chi connectivity index (χ1n) is 7.79. The van der Waals surface area contributed by atoms with Gasteiger partial charge in [0, 0.05) is 17.6 Å². The number of carbonyl (C=O) groups is 2. The van der Waals surface area contributed by atoms with E-state index in [-0.39, 0.29) is 23.7 Å². The molecule has 0 bridgehead atoms. The van der Waals surface area contributed by atoms with Gasteiger partial charge in [-0.25, -0.2) is 0 Å². The van der Waals surface area contributed by atoms with Crippen molar-refractivity contribution >= 4 is 29.2 Å². The molecule has 6 nitrogen and oxygen atoms in total. The van der Waals surface area contributed by atoms with Crippen LogP contribution in [0.5, 0.6) is 0 Å². The molecule has 2 N–H and O–H groups in total. The van der Waals surface area contributed by atoms with Crippen LogP contribution in [-0.2, 0) is 16.0 Å². The third-order valence-corrected chi connectivity index (χ3v) is 4.18. The van der Waals surface area contributed by atoms with Gasteiger partial charge in [-0.15, -0.1) is 0 Å². The van der Waals surface area contributed by atoms with Gasteiger partial charge in [0.25, 0.3) is 0 Å². The second kappa shape index (κ2) is 7.05. The molecule has 1 aromatic carbocycles. The fourth-order valence-corrected chi connectivity index (χ4v) is 2.79. The zero-order valence-electron chi connectivity index (χ0n) is 13.2. The minimum absolute atomic E-state index is 0.0893. The fourth-order valence-electron chi connectivity index (χ4n) is 2.57. The van der Waals surface area contributed by atoms with Crippen LogP contribution in [0.2, 0.25) is 5.02 Å². The van der Waals surface area contributed by atoms with Crippen molar-refractivity contribution in [1.82, 2.24) is 10.5 Å². The SMILES string of the molecule is Cc1cc(NC(=O)C2CC2C(=O)NCCc2cccc(Cl)c2)no1. The van der Waals surface area contributed by atoms with Gasteiger partial charge >= 0.3 is 0 Å². The number of nitrogens with one attached hydrogen (secondary N) is 2. The molecule has 1 aliphatic rings. The molecule has 0 saturated heterocycles. The molecular formula is C17H18ClN3O3. The first kappa shape index (κ1) is 16.5. The lowest BCUT2D eigenvalue weighted by Gasteiger charge is -2.05. The highest BCUT2D eigenvalue weighted by molar-refractivity contribution is 6.30. The Labute approximate surface area is 144 Å². The summed E-state index contributed by atoms with van der Waals surface area (Å²) < 4.78 is 4.89. The summed E-state index contributed by atoms with van der Waals surface area (Å²) in [5.41, 5.74) is 1.06. The van der Waals surface area contributed by atoms with E-state index in [1.54, 1.807) is 13.0 Å². The second-order valence-corrected chi connectivity index (χ2v) is 6.37. The van der Waals surface area contributed by atoms with Crippen molar-refractivity contribution in [2.24, 2.45) is 11.8 Å². The quantitative estimate of drug-likeness (QED) is 0.841. The number of halogens is 1. The van der Waals surface area contributed by atoms with Crippen LogP contribution in [0.3, 0.4) is 0 Å².